The number of carbonyl (C=O) groups excluding carboxylic acids is 2. The molecule has 2 amide bonds. The first-order chi connectivity index (χ1) is 16.8. The van der Waals surface area contributed by atoms with Crippen molar-refractivity contribution in [2.75, 3.05) is 24.2 Å². The molecule has 0 saturated carbocycles. The van der Waals surface area contributed by atoms with Crippen LogP contribution in [0, 0.1) is 0 Å². The molecule has 9 nitrogen and oxygen atoms in total. The lowest BCUT2D eigenvalue weighted by atomic mass is 10.2. The van der Waals surface area contributed by atoms with Crippen LogP contribution < -0.4 is 10.6 Å². The summed E-state index contributed by atoms with van der Waals surface area (Å²) in [6.07, 6.45) is 1.71. The number of sulfonamides is 1. The van der Waals surface area contributed by atoms with Gasteiger partial charge in [-0.25, -0.2) is 8.42 Å². The Balaban J connectivity index is 1.27. The number of carbonyl (C=O) groups is 2. The summed E-state index contributed by atoms with van der Waals surface area (Å²) in [6.45, 7) is 1.37. The second-order valence-electron chi connectivity index (χ2n) is 7.62. The number of aromatic nitrogens is 2. The summed E-state index contributed by atoms with van der Waals surface area (Å²) >= 11 is 8.44. The maximum Gasteiger partial charge on any atom is 0.257 e. The van der Waals surface area contributed by atoms with E-state index in [1.54, 1.807) is 6.07 Å². The fourth-order valence-electron chi connectivity index (χ4n) is 3.36. The number of nitrogens with zero attached hydrogens (tertiary/aromatic N) is 3. The standard InChI is InChI=1S/C22H22ClN5O4S3/c23-18-6-2-1-5-16(18)13-24-19(29)14-33-22-27-26-21(34-22)25-20(30)15-7-9-17(10-8-15)35(31,32)28-11-3-4-12-28/h1-2,5-10H,3-4,11-14H2,(H,24,29)(H,25,26,30). The van der Waals surface area contributed by atoms with E-state index in [0.29, 0.717) is 34.6 Å². The third-order valence-corrected chi connectivity index (χ3v) is 9.46. The van der Waals surface area contributed by atoms with Crippen LogP contribution in [0.5, 0.6) is 0 Å². The Morgan fingerprint density at radius 3 is 2.49 bits per heavy atom. The third kappa shape index (κ3) is 6.58. The van der Waals surface area contributed by atoms with Gasteiger partial charge in [0, 0.05) is 30.2 Å². The highest BCUT2D eigenvalue weighted by atomic mass is 35.5. The third-order valence-electron chi connectivity index (χ3n) is 5.21. The number of halogens is 1. The smallest absolute Gasteiger partial charge is 0.257 e. The molecule has 0 bridgehead atoms. The number of thioether (sulfide) groups is 1. The predicted molar refractivity (Wildman–Crippen MR) is 136 cm³/mol. The van der Waals surface area contributed by atoms with Gasteiger partial charge in [-0.2, -0.15) is 4.31 Å². The molecule has 1 saturated heterocycles. The molecule has 13 heteroatoms. The van der Waals surface area contributed by atoms with Crippen LogP contribution in [0.15, 0.2) is 57.8 Å². The maximum absolute atomic E-state index is 12.6. The zero-order valence-electron chi connectivity index (χ0n) is 18.4. The van der Waals surface area contributed by atoms with E-state index < -0.39 is 15.9 Å². The van der Waals surface area contributed by atoms with Gasteiger partial charge in [0.15, 0.2) is 4.34 Å². The van der Waals surface area contributed by atoms with Gasteiger partial charge in [-0.05, 0) is 48.7 Å². The van der Waals surface area contributed by atoms with Crippen LogP contribution in [0.3, 0.4) is 0 Å². The minimum Gasteiger partial charge on any atom is -0.351 e. The first-order valence-corrected chi connectivity index (χ1v) is 14.3. The van der Waals surface area contributed by atoms with Crippen molar-refractivity contribution in [1.82, 2.24) is 19.8 Å². The molecule has 0 radical (unpaired) electrons. The summed E-state index contributed by atoms with van der Waals surface area (Å²) in [5.74, 6) is -0.472. The van der Waals surface area contributed by atoms with Gasteiger partial charge in [0.05, 0.1) is 10.6 Å². The lowest BCUT2D eigenvalue weighted by Gasteiger charge is -2.15. The highest BCUT2D eigenvalue weighted by Gasteiger charge is 2.27. The Kier molecular flexibility index (Phi) is 8.39. The molecule has 3 aromatic rings. The van der Waals surface area contributed by atoms with Gasteiger partial charge < -0.3 is 5.32 Å². The van der Waals surface area contributed by atoms with Gasteiger partial charge in [-0.15, -0.1) is 10.2 Å². The number of hydrogen-bond acceptors (Lipinski definition) is 8. The van der Waals surface area contributed by atoms with Crippen molar-refractivity contribution in [3.05, 3.63) is 64.7 Å². The number of rotatable bonds is 9. The van der Waals surface area contributed by atoms with E-state index >= 15 is 0 Å². The normalized spacial score (nSPS) is 14.1. The second kappa shape index (κ2) is 11.5. The van der Waals surface area contributed by atoms with Gasteiger partial charge in [0.25, 0.3) is 5.91 Å². The number of amides is 2. The Bertz CT molecular complexity index is 1310. The first-order valence-electron chi connectivity index (χ1n) is 10.7. The fourth-order valence-corrected chi connectivity index (χ4v) is 6.65. The molecular formula is C22H22ClN5O4S3. The van der Waals surface area contributed by atoms with Crippen LogP contribution in [-0.4, -0.2) is 53.6 Å². The average molecular weight is 552 g/mol. The molecular weight excluding hydrogens is 530 g/mol. The SMILES string of the molecule is O=C(CSc1nnc(NC(=O)c2ccc(S(=O)(=O)N3CCCC3)cc2)s1)NCc1ccccc1Cl. The second-order valence-corrected chi connectivity index (χ2v) is 12.2. The van der Waals surface area contributed by atoms with Crippen molar-refractivity contribution in [1.29, 1.82) is 0 Å². The topological polar surface area (TPSA) is 121 Å². The summed E-state index contributed by atoms with van der Waals surface area (Å²) in [7, 11) is -3.53. The Hall–Kier alpha value is -2.51. The van der Waals surface area contributed by atoms with Crippen LogP contribution >= 0.6 is 34.7 Å². The van der Waals surface area contributed by atoms with E-state index in [2.05, 4.69) is 20.8 Å². The van der Waals surface area contributed by atoms with E-state index in [0.717, 1.165) is 29.7 Å². The zero-order valence-corrected chi connectivity index (χ0v) is 21.6. The van der Waals surface area contributed by atoms with Gasteiger partial charge in [-0.1, -0.05) is 52.9 Å². The van der Waals surface area contributed by atoms with Gasteiger partial charge in [-0.3, -0.25) is 14.9 Å². The van der Waals surface area contributed by atoms with Crippen molar-refractivity contribution in [2.24, 2.45) is 0 Å². The summed E-state index contributed by atoms with van der Waals surface area (Å²) < 4.78 is 27.2. The molecule has 1 aromatic heterocycles. The van der Waals surface area contributed by atoms with Crippen molar-refractivity contribution < 1.29 is 18.0 Å². The van der Waals surface area contributed by atoms with Crippen LogP contribution in [0.1, 0.15) is 28.8 Å². The number of hydrogen-bond donors (Lipinski definition) is 2. The molecule has 35 heavy (non-hydrogen) atoms. The zero-order chi connectivity index (χ0) is 24.8. The lowest BCUT2D eigenvalue weighted by Crippen LogP contribution is -2.27. The van der Waals surface area contributed by atoms with Crippen LogP contribution in [0.25, 0.3) is 0 Å². The first kappa shape index (κ1) is 25.6. The Morgan fingerprint density at radius 1 is 1.06 bits per heavy atom. The van der Waals surface area contributed by atoms with Gasteiger partial charge in [0.1, 0.15) is 0 Å². The van der Waals surface area contributed by atoms with Crippen LogP contribution in [0.4, 0.5) is 5.13 Å². The Morgan fingerprint density at radius 2 is 1.77 bits per heavy atom. The van der Waals surface area contributed by atoms with Crippen LogP contribution in [0.2, 0.25) is 5.02 Å². The van der Waals surface area contributed by atoms with E-state index in [9.17, 15) is 18.0 Å². The van der Waals surface area contributed by atoms with E-state index in [1.165, 1.54) is 40.3 Å². The quantitative estimate of drug-likeness (QED) is 0.307. The van der Waals surface area contributed by atoms with Gasteiger partial charge >= 0.3 is 0 Å². The van der Waals surface area contributed by atoms with Crippen LogP contribution in [-0.2, 0) is 21.4 Å². The van der Waals surface area contributed by atoms with E-state index in [4.69, 9.17) is 11.6 Å². The highest BCUT2D eigenvalue weighted by Crippen LogP contribution is 2.26. The monoisotopic (exact) mass is 551 g/mol. The van der Waals surface area contributed by atoms with E-state index in [-0.39, 0.29) is 21.7 Å². The molecule has 0 aliphatic carbocycles. The molecule has 4 rings (SSSR count). The highest BCUT2D eigenvalue weighted by molar-refractivity contribution is 8.01. The molecule has 184 valence electrons. The molecule has 2 aromatic carbocycles. The Labute approximate surface area is 216 Å². The molecule has 1 aliphatic heterocycles. The lowest BCUT2D eigenvalue weighted by molar-refractivity contribution is -0.118. The minimum absolute atomic E-state index is 0.139. The van der Waals surface area contributed by atoms with Crippen molar-refractivity contribution >= 4 is 61.7 Å². The molecule has 2 heterocycles. The summed E-state index contributed by atoms with van der Waals surface area (Å²) in [6, 6.07) is 13.1. The summed E-state index contributed by atoms with van der Waals surface area (Å²) in [4.78, 5) is 24.8. The molecule has 2 N–H and O–H groups in total. The molecule has 0 unspecified atom stereocenters. The van der Waals surface area contributed by atoms with Gasteiger partial charge in [0.2, 0.25) is 21.1 Å². The summed E-state index contributed by atoms with van der Waals surface area (Å²) in [5.41, 5.74) is 1.13. The molecule has 1 fully saturated rings. The number of anilines is 1. The van der Waals surface area contributed by atoms with Crippen molar-refractivity contribution in [2.45, 2.75) is 28.6 Å². The summed E-state index contributed by atoms with van der Waals surface area (Å²) in [5, 5.41) is 14.2. The van der Waals surface area contributed by atoms with E-state index in [1.807, 2.05) is 18.2 Å². The van der Waals surface area contributed by atoms with Crippen molar-refractivity contribution in [3.63, 3.8) is 0 Å². The largest absolute Gasteiger partial charge is 0.351 e. The average Bonchev–Trinajstić information content (AvgIpc) is 3.55. The molecule has 0 spiro atoms. The number of benzene rings is 2. The molecule has 0 atom stereocenters. The van der Waals surface area contributed by atoms with Crippen molar-refractivity contribution in [3.8, 4) is 0 Å². The number of nitrogens with one attached hydrogen (secondary N) is 2. The predicted octanol–water partition coefficient (Wildman–Crippen LogP) is 3.64. The molecule has 1 aliphatic rings. The minimum atomic E-state index is -3.53. The maximum atomic E-state index is 12.6. The fraction of sp³-hybridized carbons (Fsp3) is 0.273.